The van der Waals surface area contributed by atoms with E-state index in [9.17, 15) is 4.79 Å². The van der Waals surface area contributed by atoms with Gasteiger partial charge in [-0.1, -0.05) is 11.6 Å². The molecule has 54 valence electrons. The molecule has 0 unspecified atom stereocenters. The van der Waals surface area contributed by atoms with Crippen molar-refractivity contribution in [3.63, 3.8) is 0 Å². The maximum atomic E-state index is 10.8. The van der Waals surface area contributed by atoms with Gasteiger partial charge in [-0.2, -0.15) is 0 Å². The summed E-state index contributed by atoms with van der Waals surface area (Å²) >= 11 is 5.45. The van der Waals surface area contributed by atoms with E-state index in [0.29, 0.717) is 12.2 Å². The molecule has 0 radical (unpaired) electrons. The molecule has 0 saturated carbocycles. The van der Waals surface area contributed by atoms with Crippen molar-refractivity contribution in [2.24, 2.45) is 5.73 Å². The molecule has 4 heteroatoms. The smallest absolute Gasteiger partial charge is 0.266 e. The molecular formula is C6H7ClN2O. The van der Waals surface area contributed by atoms with E-state index in [0.717, 1.165) is 0 Å². The Hall–Kier alpha value is -0.800. The van der Waals surface area contributed by atoms with Crippen LogP contribution < -0.4 is 11.3 Å². The maximum absolute atomic E-state index is 10.8. The van der Waals surface area contributed by atoms with Crippen LogP contribution in [0.2, 0.25) is 5.02 Å². The average Bonchev–Trinajstić information content (AvgIpc) is 1.95. The third kappa shape index (κ3) is 1.37. The molecule has 1 heterocycles. The zero-order valence-corrected chi connectivity index (χ0v) is 5.98. The van der Waals surface area contributed by atoms with E-state index in [-0.39, 0.29) is 10.6 Å². The Bertz CT molecular complexity index is 281. The molecular weight excluding hydrogens is 152 g/mol. The summed E-state index contributed by atoms with van der Waals surface area (Å²) in [5, 5.41) is 0.192. The summed E-state index contributed by atoms with van der Waals surface area (Å²) in [7, 11) is 0. The van der Waals surface area contributed by atoms with Gasteiger partial charge in [0.25, 0.3) is 5.56 Å². The lowest BCUT2D eigenvalue weighted by molar-refractivity contribution is 0.973. The van der Waals surface area contributed by atoms with Crippen LogP contribution in [0.15, 0.2) is 16.9 Å². The molecule has 0 fully saturated rings. The van der Waals surface area contributed by atoms with Gasteiger partial charge in [0.1, 0.15) is 5.02 Å². The Kier molecular flexibility index (Phi) is 2.09. The Morgan fingerprint density at radius 3 is 2.80 bits per heavy atom. The highest BCUT2D eigenvalue weighted by molar-refractivity contribution is 6.30. The first-order chi connectivity index (χ1) is 4.74. The van der Waals surface area contributed by atoms with Crippen LogP contribution in [0, 0.1) is 0 Å². The van der Waals surface area contributed by atoms with E-state index in [4.69, 9.17) is 17.3 Å². The molecule has 0 aliphatic carbocycles. The minimum Gasteiger partial charge on any atom is -0.325 e. The van der Waals surface area contributed by atoms with Crippen molar-refractivity contribution in [1.82, 2.24) is 4.98 Å². The number of H-pyrrole nitrogens is 1. The fourth-order valence-electron chi connectivity index (χ4n) is 0.616. The number of rotatable bonds is 1. The lowest BCUT2D eigenvalue weighted by Gasteiger charge is -1.94. The number of pyridine rings is 1. The first kappa shape index (κ1) is 7.31. The van der Waals surface area contributed by atoms with Crippen LogP contribution in [0.4, 0.5) is 0 Å². The van der Waals surface area contributed by atoms with E-state index in [2.05, 4.69) is 4.98 Å². The minimum absolute atomic E-state index is 0.192. The predicted molar refractivity (Wildman–Crippen MR) is 40.0 cm³/mol. The van der Waals surface area contributed by atoms with E-state index in [1.807, 2.05) is 0 Å². The molecule has 0 amide bonds. The molecule has 1 rings (SSSR count). The summed E-state index contributed by atoms with van der Waals surface area (Å²) in [6.45, 7) is 0.326. The zero-order valence-electron chi connectivity index (χ0n) is 5.23. The van der Waals surface area contributed by atoms with Crippen molar-refractivity contribution in [1.29, 1.82) is 0 Å². The molecule has 3 N–H and O–H groups in total. The summed E-state index contributed by atoms with van der Waals surface area (Å²) in [4.78, 5) is 13.3. The van der Waals surface area contributed by atoms with Crippen LogP contribution >= 0.6 is 11.6 Å². The monoisotopic (exact) mass is 158 g/mol. The van der Waals surface area contributed by atoms with Crippen LogP contribution in [0.25, 0.3) is 0 Å². The van der Waals surface area contributed by atoms with Crippen molar-refractivity contribution >= 4 is 11.6 Å². The number of aromatic amines is 1. The Balaban J connectivity index is 3.17. The van der Waals surface area contributed by atoms with Crippen LogP contribution in [-0.4, -0.2) is 4.98 Å². The number of nitrogens with two attached hydrogens (primary N) is 1. The van der Waals surface area contributed by atoms with Crippen LogP contribution in [0.1, 0.15) is 5.69 Å². The third-order valence-corrected chi connectivity index (χ3v) is 1.44. The fraction of sp³-hybridized carbons (Fsp3) is 0.167. The van der Waals surface area contributed by atoms with Gasteiger partial charge in [-0.15, -0.1) is 0 Å². The van der Waals surface area contributed by atoms with E-state index in [1.165, 1.54) is 6.07 Å². The van der Waals surface area contributed by atoms with Crippen LogP contribution in [-0.2, 0) is 6.54 Å². The van der Waals surface area contributed by atoms with Crippen LogP contribution in [0.5, 0.6) is 0 Å². The molecule has 10 heavy (non-hydrogen) atoms. The quantitative estimate of drug-likeness (QED) is 0.625. The second-order valence-electron chi connectivity index (χ2n) is 1.86. The summed E-state index contributed by atoms with van der Waals surface area (Å²) in [5.74, 6) is 0. The highest BCUT2D eigenvalue weighted by Gasteiger charge is 1.94. The number of hydrogen-bond donors (Lipinski definition) is 2. The molecule has 0 aliphatic heterocycles. The lowest BCUT2D eigenvalue weighted by Crippen LogP contribution is -2.11. The van der Waals surface area contributed by atoms with Crippen molar-refractivity contribution in [3.05, 3.63) is 33.2 Å². The Morgan fingerprint density at radius 1 is 1.60 bits per heavy atom. The number of nitrogens with one attached hydrogen (secondary N) is 1. The van der Waals surface area contributed by atoms with Gasteiger partial charge in [-0.3, -0.25) is 4.79 Å². The molecule has 0 aliphatic rings. The van der Waals surface area contributed by atoms with Crippen molar-refractivity contribution in [2.45, 2.75) is 6.54 Å². The number of hydrogen-bond acceptors (Lipinski definition) is 2. The standard InChI is InChI=1S/C6H7ClN2O/c7-5-2-1-4(3-8)9-6(5)10/h1-2H,3,8H2,(H,9,10). The predicted octanol–water partition coefficient (Wildman–Crippen LogP) is 0.487. The van der Waals surface area contributed by atoms with E-state index >= 15 is 0 Å². The highest BCUT2D eigenvalue weighted by atomic mass is 35.5. The molecule has 0 atom stereocenters. The van der Waals surface area contributed by atoms with Crippen molar-refractivity contribution < 1.29 is 0 Å². The SMILES string of the molecule is NCc1ccc(Cl)c(=O)[nH]1. The summed E-state index contributed by atoms with van der Waals surface area (Å²) in [6, 6.07) is 3.21. The largest absolute Gasteiger partial charge is 0.325 e. The Labute approximate surface area is 62.8 Å². The van der Waals surface area contributed by atoms with Gasteiger partial charge in [0, 0.05) is 12.2 Å². The summed E-state index contributed by atoms with van der Waals surface area (Å²) in [5.41, 5.74) is 5.66. The second-order valence-corrected chi connectivity index (χ2v) is 2.27. The zero-order chi connectivity index (χ0) is 7.56. The van der Waals surface area contributed by atoms with Gasteiger partial charge in [0.15, 0.2) is 0 Å². The van der Waals surface area contributed by atoms with Gasteiger partial charge in [0.05, 0.1) is 0 Å². The molecule has 0 aromatic carbocycles. The molecule has 1 aromatic rings. The average molecular weight is 159 g/mol. The van der Waals surface area contributed by atoms with Gasteiger partial charge in [0.2, 0.25) is 0 Å². The maximum Gasteiger partial charge on any atom is 0.266 e. The van der Waals surface area contributed by atoms with Gasteiger partial charge < -0.3 is 10.7 Å². The normalized spacial score (nSPS) is 9.80. The first-order valence-electron chi connectivity index (χ1n) is 2.82. The molecule has 0 spiro atoms. The fourth-order valence-corrected chi connectivity index (χ4v) is 0.726. The van der Waals surface area contributed by atoms with Gasteiger partial charge in [-0.05, 0) is 12.1 Å². The number of aromatic nitrogens is 1. The second kappa shape index (κ2) is 2.86. The van der Waals surface area contributed by atoms with E-state index < -0.39 is 0 Å². The van der Waals surface area contributed by atoms with Gasteiger partial charge >= 0.3 is 0 Å². The Morgan fingerprint density at radius 2 is 2.30 bits per heavy atom. The molecule has 0 saturated heterocycles. The third-order valence-electron chi connectivity index (χ3n) is 1.14. The molecule has 0 bridgehead atoms. The van der Waals surface area contributed by atoms with Crippen molar-refractivity contribution in [2.75, 3.05) is 0 Å². The van der Waals surface area contributed by atoms with Gasteiger partial charge in [-0.25, -0.2) is 0 Å². The lowest BCUT2D eigenvalue weighted by atomic mass is 10.3. The molecule has 3 nitrogen and oxygen atoms in total. The van der Waals surface area contributed by atoms with Crippen LogP contribution in [0.3, 0.4) is 0 Å². The minimum atomic E-state index is -0.287. The highest BCUT2D eigenvalue weighted by Crippen LogP contribution is 1.99. The van der Waals surface area contributed by atoms with E-state index in [1.54, 1.807) is 6.07 Å². The summed E-state index contributed by atoms with van der Waals surface area (Å²) < 4.78 is 0. The first-order valence-corrected chi connectivity index (χ1v) is 3.19. The van der Waals surface area contributed by atoms with Crippen molar-refractivity contribution in [3.8, 4) is 0 Å². The summed E-state index contributed by atoms with van der Waals surface area (Å²) in [6.07, 6.45) is 0. The number of halogens is 1. The molecule has 1 aromatic heterocycles. The topological polar surface area (TPSA) is 58.9 Å².